The number of amides is 1. The van der Waals surface area contributed by atoms with Gasteiger partial charge in [-0.05, 0) is 30.7 Å². The number of halogens is 1. The summed E-state index contributed by atoms with van der Waals surface area (Å²) in [6, 6.07) is 3.92. The van der Waals surface area contributed by atoms with Gasteiger partial charge in [-0.2, -0.15) is 0 Å². The quantitative estimate of drug-likeness (QED) is 0.910. The Morgan fingerprint density at radius 2 is 2.15 bits per heavy atom. The van der Waals surface area contributed by atoms with Gasteiger partial charge in [0.15, 0.2) is 5.60 Å². The van der Waals surface area contributed by atoms with Crippen LogP contribution in [0.5, 0.6) is 0 Å². The van der Waals surface area contributed by atoms with Crippen molar-refractivity contribution in [3.63, 3.8) is 0 Å². The van der Waals surface area contributed by atoms with E-state index in [0.717, 1.165) is 0 Å². The van der Waals surface area contributed by atoms with Crippen molar-refractivity contribution < 1.29 is 23.8 Å². The van der Waals surface area contributed by atoms with Crippen molar-refractivity contribution in [1.29, 1.82) is 0 Å². The molecule has 1 aromatic rings. The Balaban J connectivity index is 2.21. The molecule has 0 spiro atoms. The minimum Gasteiger partial charge on any atom is -0.479 e. The Hall–Kier alpha value is -1.95. The van der Waals surface area contributed by atoms with E-state index in [1.165, 1.54) is 30.2 Å². The Labute approximate surface area is 116 Å². The largest absolute Gasteiger partial charge is 0.479 e. The molecule has 1 amide bonds. The molecule has 1 N–H and O–H groups in total. The molecule has 1 fully saturated rings. The highest BCUT2D eigenvalue weighted by Crippen LogP contribution is 2.27. The molecule has 1 atom stereocenters. The number of aryl methyl sites for hydroxylation is 1. The zero-order valence-corrected chi connectivity index (χ0v) is 11.4. The number of rotatable bonds is 3. The second-order valence-corrected chi connectivity index (χ2v) is 4.94. The summed E-state index contributed by atoms with van der Waals surface area (Å²) >= 11 is 0. The van der Waals surface area contributed by atoms with E-state index in [4.69, 9.17) is 4.74 Å². The van der Waals surface area contributed by atoms with E-state index in [1.807, 2.05) is 0 Å². The van der Waals surface area contributed by atoms with E-state index in [-0.39, 0.29) is 18.9 Å². The first-order valence-electron chi connectivity index (χ1n) is 6.23. The van der Waals surface area contributed by atoms with Crippen molar-refractivity contribution in [3.05, 3.63) is 35.1 Å². The van der Waals surface area contributed by atoms with Gasteiger partial charge in [-0.1, -0.05) is 0 Å². The molecule has 6 heteroatoms. The number of methoxy groups -OCH3 is 1. The number of ether oxygens (including phenoxy) is 1. The molecule has 0 bridgehead atoms. The molecular weight excluding hydrogens is 265 g/mol. The van der Waals surface area contributed by atoms with Gasteiger partial charge in [0, 0.05) is 25.6 Å². The summed E-state index contributed by atoms with van der Waals surface area (Å²) in [6.45, 7) is 1.94. The fourth-order valence-electron chi connectivity index (χ4n) is 2.42. The molecule has 1 aliphatic heterocycles. The standard InChI is InChI=1S/C14H16FNO4/c1-9-7-10(15)3-4-11(9)12(17)16-6-5-14(8-16,20-2)13(18)19/h3-4,7H,5-6,8H2,1-2H3,(H,18,19). The number of aliphatic carboxylic acids is 1. The average molecular weight is 281 g/mol. The molecule has 1 heterocycles. The van der Waals surface area contributed by atoms with E-state index >= 15 is 0 Å². The topological polar surface area (TPSA) is 66.8 Å². The lowest BCUT2D eigenvalue weighted by atomic mass is 10.0. The van der Waals surface area contributed by atoms with Crippen LogP contribution in [0.3, 0.4) is 0 Å². The van der Waals surface area contributed by atoms with Crippen molar-refractivity contribution in [3.8, 4) is 0 Å². The summed E-state index contributed by atoms with van der Waals surface area (Å²) in [7, 11) is 1.32. The van der Waals surface area contributed by atoms with Crippen LogP contribution >= 0.6 is 0 Å². The molecule has 0 aliphatic carbocycles. The van der Waals surface area contributed by atoms with Gasteiger partial charge in [-0.3, -0.25) is 4.79 Å². The molecule has 1 saturated heterocycles. The minimum atomic E-state index is -1.34. The van der Waals surface area contributed by atoms with Gasteiger partial charge in [0.25, 0.3) is 5.91 Å². The summed E-state index contributed by atoms with van der Waals surface area (Å²) in [5.41, 5.74) is -0.437. The van der Waals surface area contributed by atoms with Gasteiger partial charge < -0.3 is 14.7 Å². The van der Waals surface area contributed by atoms with Crippen LogP contribution in [0.4, 0.5) is 4.39 Å². The Kier molecular flexibility index (Phi) is 3.76. The Morgan fingerprint density at radius 1 is 1.45 bits per heavy atom. The number of carbonyl (C=O) groups excluding carboxylic acids is 1. The van der Waals surface area contributed by atoms with Gasteiger partial charge in [-0.15, -0.1) is 0 Å². The molecule has 20 heavy (non-hydrogen) atoms. The molecule has 1 aliphatic rings. The first kappa shape index (κ1) is 14.5. The van der Waals surface area contributed by atoms with Crippen LogP contribution in [-0.4, -0.2) is 47.7 Å². The SMILES string of the molecule is COC1(C(=O)O)CCN(C(=O)c2ccc(F)cc2C)C1. The summed E-state index contributed by atoms with van der Waals surface area (Å²) in [4.78, 5) is 25.0. The van der Waals surface area contributed by atoms with Crippen molar-refractivity contribution in [2.24, 2.45) is 0 Å². The highest BCUT2D eigenvalue weighted by molar-refractivity contribution is 5.96. The first-order chi connectivity index (χ1) is 9.39. The van der Waals surface area contributed by atoms with E-state index in [9.17, 15) is 19.1 Å². The fourth-order valence-corrected chi connectivity index (χ4v) is 2.42. The maximum absolute atomic E-state index is 13.0. The second-order valence-electron chi connectivity index (χ2n) is 4.94. The number of likely N-dealkylation sites (tertiary alicyclic amines) is 1. The van der Waals surface area contributed by atoms with Crippen molar-refractivity contribution in [1.82, 2.24) is 4.90 Å². The summed E-state index contributed by atoms with van der Waals surface area (Å²) in [5.74, 6) is -1.79. The molecule has 1 unspecified atom stereocenters. The van der Waals surface area contributed by atoms with Crippen LogP contribution in [0.25, 0.3) is 0 Å². The number of hydrogen-bond acceptors (Lipinski definition) is 3. The second kappa shape index (κ2) is 5.20. The van der Waals surface area contributed by atoms with E-state index in [2.05, 4.69) is 0 Å². The van der Waals surface area contributed by atoms with Crippen LogP contribution in [0.1, 0.15) is 22.3 Å². The van der Waals surface area contributed by atoms with Crippen molar-refractivity contribution in [2.75, 3.05) is 20.2 Å². The number of carboxylic acid groups (broad SMARTS) is 1. The van der Waals surface area contributed by atoms with Gasteiger partial charge in [0.2, 0.25) is 0 Å². The third-order valence-corrected chi connectivity index (χ3v) is 3.72. The molecule has 0 radical (unpaired) electrons. The molecular formula is C14H16FNO4. The third-order valence-electron chi connectivity index (χ3n) is 3.72. The zero-order chi connectivity index (χ0) is 14.9. The van der Waals surface area contributed by atoms with Gasteiger partial charge in [0.1, 0.15) is 5.82 Å². The van der Waals surface area contributed by atoms with E-state index in [0.29, 0.717) is 17.7 Å². The number of carbonyl (C=O) groups is 2. The molecule has 108 valence electrons. The lowest BCUT2D eigenvalue weighted by molar-refractivity contribution is -0.160. The number of hydrogen-bond donors (Lipinski definition) is 1. The molecule has 0 saturated carbocycles. The van der Waals surface area contributed by atoms with E-state index in [1.54, 1.807) is 6.92 Å². The lowest BCUT2D eigenvalue weighted by Crippen LogP contribution is -2.44. The van der Waals surface area contributed by atoms with Crippen LogP contribution in [-0.2, 0) is 9.53 Å². The van der Waals surface area contributed by atoms with Crippen LogP contribution in [0.2, 0.25) is 0 Å². The highest BCUT2D eigenvalue weighted by atomic mass is 19.1. The Morgan fingerprint density at radius 3 is 2.65 bits per heavy atom. The van der Waals surface area contributed by atoms with Gasteiger partial charge in [0.05, 0.1) is 6.54 Å². The van der Waals surface area contributed by atoms with Crippen LogP contribution in [0.15, 0.2) is 18.2 Å². The Bertz CT molecular complexity index is 560. The number of benzene rings is 1. The molecule has 5 nitrogen and oxygen atoms in total. The normalized spacial score (nSPS) is 22.1. The lowest BCUT2D eigenvalue weighted by Gasteiger charge is -2.23. The molecule has 2 rings (SSSR count). The highest BCUT2D eigenvalue weighted by Gasteiger charge is 2.46. The maximum atomic E-state index is 13.0. The predicted octanol–water partition coefficient (Wildman–Crippen LogP) is 1.45. The summed E-state index contributed by atoms with van der Waals surface area (Å²) in [6.07, 6.45) is 0.241. The monoisotopic (exact) mass is 281 g/mol. The van der Waals surface area contributed by atoms with Crippen LogP contribution in [0, 0.1) is 12.7 Å². The first-order valence-corrected chi connectivity index (χ1v) is 6.23. The molecule has 0 aromatic heterocycles. The zero-order valence-electron chi connectivity index (χ0n) is 11.4. The third kappa shape index (κ3) is 2.38. The van der Waals surface area contributed by atoms with Crippen molar-refractivity contribution >= 4 is 11.9 Å². The summed E-state index contributed by atoms with van der Waals surface area (Å²) in [5, 5.41) is 9.21. The van der Waals surface area contributed by atoms with Gasteiger partial charge >= 0.3 is 5.97 Å². The summed E-state index contributed by atoms with van der Waals surface area (Å²) < 4.78 is 18.1. The van der Waals surface area contributed by atoms with Gasteiger partial charge in [-0.25, -0.2) is 9.18 Å². The average Bonchev–Trinajstić information content (AvgIpc) is 2.83. The number of carboxylic acids is 1. The number of nitrogens with zero attached hydrogens (tertiary/aromatic N) is 1. The van der Waals surface area contributed by atoms with E-state index < -0.39 is 17.4 Å². The molecule has 1 aromatic carbocycles. The van der Waals surface area contributed by atoms with Crippen LogP contribution < -0.4 is 0 Å². The fraction of sp³-hybridized carbons (Fsp3) is 0.429. The maximum Gasteiger partial charge on any atom is 0.337 e. The van der Waals surface area contributed by atoms with Crippen molar-refractivity contribution in [2.45, 2.75) is 18.9 Å². The smallest absolute Gasteiger partial charge is 0.337 e. The minimum absolute atomic E-state index is 0.00547. The predicted molar refractivity (Wildman–Crippen MR) is 69.0 cm³/mol.